The number of methoxy groups -OCH3 is 2. The molecular weight excluding hydrogens is 927 g/mol. The Balaban J connectivity index is 0.000000161. The number of carbonyl (C=O) groups excluding carboxylic acids is 3. The normalized spacial score (nSPS) is 13.0. The van der Waals surface area contributed by atoms with E-state index in [9.17, 15) is 14.4 Å². The highest BCUT2D eigenvalue weighted by atomic mass is 32.1. The highest BCUT2D eigenvalue weighted by molar-refractivity contribution is 7.38. The number of hydrogen-bond acceptors (Lipinski definition) is 11. The van der Waals surface area contributed by atoms with Gasteiger partial charge in [-0.15, -0.1) is 45.3 Å². The van der Waals surface area contributed by atoms with Crippen molar-refractivity contribution in [3.05, 3.63) is 89.5 Å². The van der Waals surface area contributed by atoms with E-state index in [-0.39, 0.29) is 11.6 Å². The second-order valence-corrected chi connectivity index (χ2v) is 45.7. The number of aromatic nitrogens is 1. The minimum Gasteiger partial charge on any atom is -0.497 e. The van der Waals surface area contributed by atoms with Crippen molar-refractivity contribution in [3.63, 3.8) is 0 Å². The molecule has 0 fully saturated rings. The Hall–Kier alpha value is -4.07. The molecule has 1 aliphatic rings. The molecule has 0 amide bonds. The van der Waals surface area contributed by atoms with Gasteiger partial charge in [-0.25, -0.2) is 4.98 Å². The van der Waals surface area contributed by atoms with E-state index in [1.165, 1.54) is 38.2 Å². The minimum atomic E-state index is -1.48. The minimum absolute atomic E-state index is 0.317. The van der Waals surface area contributed by atoms with Gasteiger partial charge in [-0.05, 0) is 90.8 Å². The molecule has 0 radical (unpaired) electrons. The number of aldehydes is 1. The number of Topliss-reactive ketones (excluding diaryl/α,β-unsaturated/α-hetero) is 2. The van der Waals surface area contributed by atoms with Crippen LogP contribution in [-0.4, -0.2) is 69.4 Å². The van der Waals surface area contributed by atoms with E-state index in [2.05, 4.69) is 90.7 Å². The number of rotatable bonds is 8. The van der Waals surface area contributed by atoms with Crippen LogP contribution in [0.25, 0.3) is 52.5 Å². The Morgan fingerprint density at radius 3 is 1.35 bits per heavy atom. The SMILES string of the molecule is COc1ccc(-c2nc3c4cc([Si](C)(C)C)sc4c4sc([Si](C)(C)C)cc4c3o2)cc1.COc1ccc(C=O)cc1.C[Si](C)(C)c1cc2c(s1)-c1sc([Si](C)(C)C)cc1C(=O)C2=O. The highest BCUT2D eigenvalue weighted by Crippen LogP contribution is 2.43. The Morgan fingerprint density at radius 2 is 0.937 bits per heavy atom. The number of ketones is 2. The van der Waals surface area contributed by atoms with Gasteiger partial charge in [0.25, 0.3) is 0 Å². The molecule has 0 bridgehead atoms. The maximum atomic E-state index is 12.5. The van der Waals surface area contributed by atoms with Gasteiger partial charge in [-0.2, -0.15) is 0 Å². The van der Waals surface area contributed by atoms with E-state index in [0.29, 0.717) is 22.6 Å². The van der Waals surface area contributed by atoms with Crippen LogP contribution in [0.2, 0.25) is 78.6 Å². The molecular formula is C48H55NO6S4Si4. The van der Waals surface area contributed by atoms with Crippen molar-refractivity contribution < 1.29 is 28.3 Å². The number of hydrogen-bond donors (Lipinski definition) is 0. The van der Waals surface area contributed by atoms with Gasteiger partial charge < -0.3 is 13.9 Å². The van der Waals surface area contributed by atoms with E-state index in [4.69, 9.17) is 18.9 Å². The second kappa shape index (κ2) is 17.4. The molecule has 3 aromatic carbocycles. The van der Waals surface area contributed by atoms with Gasteiger partial charge in [-0.3, -0.25) is 14.4 Å². The number of benzene rings is 3. The first-order chi connectivity index (χ1) is 29.4. The van der Waals surface area contributed by atoms with Gasteiger partial charge in [-0.1, -0.05) is 78.6 Å². The van der Waals surface area contributed by atoms with Crippen molar-refractivity contribution in [2.24, 2.45) is 0 Å². The summed E-state index contributed by atoms with van der Waals surface area (Å²) in [7, 11) is -2.55. The van der Waals surface area contributed by atoms with Crippen molar-refractivity contribution in [3.8, 4) is 32.7 Å². The number of nitrogens with zero attached hydrogens (tertiary/aromatic N) is 1. The average molecular weight is 983 g/mol. The molecule has 7 nitrogen and oxygen atoms in total. The fourth-order valence-electron chi connectivity index (χ4n) is 6.87. The molecule has 0 atom stereocenters. The van der Waals surface area contributed by atoms with Crippen molar-refractivity contribution >= 4 is 145 Å². The zero-order valence-corrected chi connectivity index (χ0v) is 45.8. The largest absolute Gasteiger partial charge is 0.497 e. The Labute approximate surface area is 390 Å². The summed E-state index contributed by atoms with van der Waals surface area (Å²) in [5.74, 6) is 1.64. The van der Waals surface area contributed by atoms with Crippen LogP contribution in [0.5, 0.6) is 11.5 Å². The zero-order chi connectivity index (χ0) is 46.0. The van der Waals surface area contributed by atoms with Crippen LogP contribution in [0.1, 0.15) is 31.1 Å². The lowest BCUT2D eigenvalue weighted by atomic mass is 9.96. The molecule has 0 spiro atoms. The highest BCUT2D eigenvalue weighted by Gasteiger charge is 2.37. The summed E-state index contributed by atoms with van der Waals surface area (Å²) in [4.78, 5) is 42.2. The van der Waals surface area contributed by atoms with Gasteiger partial charge in [0.15, 0.2) is 5.58 Å². The van der Waals surface area contributed by atoms with Gasteiger partial charge in [0, 0.05) is 33.0 Å². The lowest BCUT2D eigenvalue weighted by Crippen LogP contribution is -2.35. The number of fused-ring (bicyclic) bond motifs is 9. The van der Waals surface area contributed by atoms with Gasteiger partial charge >= 0.3 is 0 Å². The predicted octanol–water partition coefficient (Wildman–Crippen LogP) is 12.5. The average Bonchev–Trinajstić information content (AvgIpc) is 4.06. The molecule has 0 unspecified atom stereocenters. The van der Waals surface area contributed by atoms with Gasteiger partial charge in [0.1, 0.15) is 23.3 Å². The molecule has 328 valence electrons. The van der Waals surface area contributed by atoms with Gasteiger partial charge in [0.05, 0.1) is 65.7 Å². The third-order valence-electron chi connectivity index (χ3n) is 10.7. The molecule has 5 heterocycles. The maximum absolute atomic E-state index is 12.5. The topological polar surface area (TPSA) is 95.7 Å². The van der Waals surface area contributed by atoms with Crippen LogP contribution in [0.4, 0.5) is 0 Å². The van der Waals surface area contributed by atoms with Crippen molar-refractivity contribution in [1.29, 1.82) is 0 Å². The molecule has 8 aromatic rings. The van der Waals surface area contributed by atoms with E-state index >= 15 is 0 Å². The number of carbonyl (C=O) groups is 3. The Morgan fingerprint density at radius 1 is 0.540 bits per heavy atom. The maximum Gasteiger partial charge on any atom is 0.235 e. The lowest BCUT2D eigenvalue weighted by Gasteiger charge is -2.12. The van der Waals surface area contributed by atoms with Crippen LogP contribution in [0.15, 0.2) is 77.2 Å². The monoisotopic (exact) mass is 981 g/mol. The first kappa shape index (κ1) is 46.9. The van der Waals surface area contributed by atoms with Crippen LogP contribution in [0, 0.1) is 0 Å². The summed E-state index contributed by atoms with van der Waals surface area (Å²) in [6, 6.07) is 23.6. The molecule has 9 rings (SSSR count). The first-order valence-corrected chi connectivity index (χ1v) is 38.1. The molecule has 0 N–H and O–H groups in total. The standard InChI is InChI=1S/C24H27NO2S2Si2.C16H20O2S2Si2.C8H8O2/c1-26-15-10-8-14(9-11-15)24-25-20-16-12-18(30(2,3)4)28-22(16)23-17(21(20)27-24)13-19(29-23)31(5,6)7;1-21(2,3)11-7-9-13(17)14(18)10-8-12(22(4,5)6)20-16(10)15(9)19-11;1-10-8-4-2-7(6-9)3-5-8/h8-13H,1-7H3;7-8H,1-6H3;2-6H,1H3. The third kappa shape index (κ3) is 9.52. The zero-order valence-electron chi connectivity index (χ0n) is 38.5. The quantitative estimate of drug-likeness (QED) is 0.0850. The first-order valence-electron chi connectivity index (χ1n) is 20.8. The lowest BCUT2D eigenvalue weighted by molar-refractivity contribution is 0.0816. The summed E-state index contributed by atoms with van der Waals surface area (Å²) in [5.41, 5.74) is 4.84. The van der Waals surface area contributed by atoms with Crippen molar-refractivity contribution in [1.82, 2.24) is 4.98 Å². The van der Waals surface area contributed by atoms with E-state index in [0.717, 1.165) is 44.2 Å². The summed E-state index contributed by atoms with van der Waals surface area (Å²) >= 11 is 7.40. The molecule has 0 saturated carbocycles. The third-order valence-corrected chi connectivity index (χ3v) is 29.9. The predicted molar refractivity (Wildman–Crippen MR) is 283 cm³/mol. The molecule has 5 aromatic heterocycles. The van der Waals surface area contributed by atoms with Gasteiger partial charge in [0.2, 0.25) is 17.5 Å². The van der Waals surface area contributed by atoms with Crippen LogP contribution in [0.3, 0.4) is 0 Å². The summed E-state index contributed by atoms with van der Waals surface area (Å²) in [6.07, 6.45) is 0.805. The fraction of sp³-hybridized carbons (Fsp3) is 0.292. The molecule has 63 heavy (non-hydrogen) atoms. The van der Waals surface area contributed by atoms with E-state index in [1.807, 2.05) is 59.1 Å². The van der Waals surface area contributed by atoms with E-state index in [1.54, 1.807) is 61.2 Å². The number of oxazole rings is 1. The molecule has 0 aliphatic heterocycles. The van der Waals surface area contributed by atoms with Crippen LogP contribution >= 0.6 is 45.3 Å². The fourth-order valence-corrected chi connectivity index (χ4v) is 19.2. The van der Waals surface area contributed by atoms with Crippen LogP contribution in [-0.2, 0) is 0 Å². The second-order valence-electron chi connectivity index (χ2n) is 19.9. The molecule has 15 heteroatoms. The summed E-state index contributed by atoms with van der Waals surface area (Å²) in [5, 5.41) is 2.47. The smallest absolute Gasteiger partial charge is 0.235 e. The van der Waals surface area contributed by atoms with Crippen molar-refractivity contribution in [2.45, 2.75) is 78.6 Å². The number of ether oxygens (including phenoxy) is 2. The molecule has 0 saturated heterocycles. The van der Waals surface area contributed by atoms with Crippen LogP contribution < -0.4 is 27.5 Å². The number of thiophene rings is 4. The molecule has 1 aliphatic carbocycles. The summed E-state index contributed by atoms with van der Waals surface area (Å²) < 4.78 is 25.0. The van der Waals surface area contributed by atoms with Crippen molar-refractivity contribution in [2.75, 3.05) is 14.2 Å². The van der Waals surface area contributed by atoms with E-state index < -0.39 is 32.3 Å². The summed E-state index contributed by atoms with van der Waals surface area (Å²) in [6.45, 7) is 28.2. The Kier molecular flexibility index (Phi) is 12.9. The Bertz CT molecular complexity index is 2860.